The van der Waals surface area contributed by atoms with E-state index in [0.717, 1.165) is 11.3 Å². The van der Waals surface area contributed by atoms with Crippen LogP contribution in [0, 0.1) is 11.3 Å². The maximum absolute atomic E-state index is 9.00. The van der Waals surface area contributed by atoms with Crippen LogP contribution in [-0.4, -0.2) is 9.55 Å². The third-order valence-electron chi connectivity index (χ3n) is 3.81. The van der Waals surface area contributed by atoms with Crippen LogP contribution in [0.2, 0.25) is 0 Å². The second kappa shape index (κ2) is 7.88. The van der Waals surface area contributed by atoms with Crippen LogP contribution in [-0.2, 0) is 6.61 Å². The molecule has 130 valence electrons. The lowest BCUT2D eigenvalue weighted by Gasteiger charge is -2.10. The zero-order chi connectivity index (χ0) is 18.4. The third-order valence-corrected chi connectivity index (χ3v) is 3.81. The Kier molecular flexibility index (Phi) is 5.17. The van der Waals surface area contributed by atoms with Gasteiger partial charge in [0.05, 0.1) is 12.0 Å². The minimum atomic E-state index is 0.109. The van der Waals surface area contributed by atoms with Crippen LogP contribution in [0.1, 0.15) is 11.1 Å². The van der Waals surface area contributed by atoms with E-state index in [1.165, 1.54) is 0 Å². The molecule has 0 atom stereocenters. The van der Waals surface area contributed by atoms with Crippen molar-refractivity contribution in [2.24, 2.45) is 11.6 Å². The van der Waals surface area contributed by atoms with Gasteiger partial charge in [0, 0.05) is 23.6 Å². The van der Waals surface area contributed by atoms with Crippen molar-refractivity contribution in [2.45, 2.75) is 6.61 Å². The summed E-state index contributed by atoms with van der Waals surface area (Å²) < 4.78 is 7.76. The molecule has 7 heteroatoms. The Labute approximate surface area is 151 Å². The molecule has 1 aromatic heterocycles. The van der Waals surface area contributed by atoms with Crippen LogP contribution in [0.25, 0.3) is 11.4 Å². The van der Waals surface area contributed by atoms with Crippen molar-refractivity contribution in [1.29, 1.82) is 5.26 Å². The van der Waals surface area contributed by atoms with Gasteiger partial charge in [0.25, 0.3) is 0 Å². The van der Waals surface area contributed by atoms with Gasteiger partial charge in [-0.3, -0.25) is 0 Å². The highest BCUT2D eigenvalue weighted by atomic mass is 16.5. The van der Waals surface area contributed by atoms with Gasteiger partial charge in [-0.05, 0) is 29.8 Å². The van der Waals surface area contributed by atoms with Crippen LogP contribution < -0.4 is 21.7 Å². The fourth-order valence-electron chi connectivity index (χ4n) is 2.41. The molecule has 0 bridgehead atoms. The molecule has 5 N–H and O–H groups in total. The third kappa shape index (κ3) is 3.83. The molecule has 0 saturated heterocycles. The summed E-state index contributed by atoms with van der Waals surface area (Å²) in [5, 5.41) is 9.00. The lowest BCUT2D eigenvalue weighted by molar-refractivity contribution is 0.306. The van der Waals surface area contributed by atoms with E-state index in [9.17, 15) is 0 Å². The van der Waals surface area contributed by atoms with Crippen molar-refractivity contribution in [2.75, 3.05) is 0 Å². The number of nitrogens with zero attached hydrogens (tertiary/aromatic N) is 3. The lowest BCUT2D eigenvalue weighted by Crippen LogP contribution is -2.23. The molecule has 3 rings (SSSR count). The molecule has 26 heavy (non-hydrogen) atoms. The quantitative estimate of drug-likeness (QED) is 0.357. The molecule has 0 radical (unpaired) electrons. The molecule has 7 nitrogen and oxygen atoms in total. The van der Waals surface area contributed by atoms with Gasteiger partial charge in [-0.25, -0.2) is 10.8 Å². The van der Waals surface area contributed by atoms with Crippen molar-refractivity contribution in [1.82, 2.24) is 15.0 Å². The molecule has 0 aliphatic carbocycles. The summed E-state index contributed by atoms with van der Waals surface area (Å²) in [6.45, 7) is 0.414. The van der Waals surface area contributed by atoms with E-state index in [2.05, 4.69) is 10.4 Å². The first-order chi connectivity index (χ1) is 12.7. The maximum atomic E-state index is 9.00. The Morgan fingerprint density at radius 3 is 2.69 bits per heavy atom. The molecular weight excluding hydrogens is 328 g/mol. The average molecular weight is 346 g/mol. The van der Waals surface area contributed by atoms with Gasteiger partial charge in [0.1, 0.15) is 18.4 Å². The first-order valence-corrected chi connectivity index (χ1v) is 7.88. The number of hydrazine groups is 1. The molecule has 0 amide bonds. The highest BCUT2D eigenvalue weighted by molar-refractivity contribution is 5.69. The maximum Gasteiger partial charge on any atom is 0.151 e. The number of ether oxygens (including phenoxy) is 1. The number of nitrogens with one attached hydrogen (secondary N) is 1. The van der Waals surface area contributed by atoms with E-state index in [1.807, 2.05) is 53.2 Å². The number of hydrogen-bond donors (Lipinski definition) is 3. The number of nitrogens with two attached hydrogens (primary N) is 2. The summed E-state index contributed by atoms with van der Waals surface area (Å²) in [4.78, 5) is 4.04. The molecule has 1 heterocycles. The Morgan fingerprint density at radius 1 is 1.23 bits per heavy atom. The summed E-state index contributed by atoms with van der Waals surface area (Å²) in [6, 6.07) is 17.1. The van der Waals surface area contributed by atoms with Gasteiger partial charge in [0.15, 0.2) is 5.70 Å². The van der Waals surface area contributed by atoms with Crippen molar-refractivity contribution < 1.29 is 4.74 Å². The second-order valence-corrected chi connectivity index (χ2v) is 5.50. The van der Waals surface area contributed by atoms with Crippen LogP contribution >= 0.6 is 0 Å². The number of allylic oxidation sites excluding steroid dienone is 1. The highest BCUT2D eigenvalue weighted by Crippen LogP contribution is 2.20. The molecule has 0 spiro atoms. The molecule has 3 aromatic rings. The van der Waals surface area contributed by atoms with Crippen molar-refractivity contribution in [3.8, 4) is 17.5 Å². The number of aromatic nitrogens is 2. The standard InChI is InChI=1S/C19H18N6O/c20-11-18(24-22)19(21)15-2-1-3-17(10-15)26-12-14-4-6-16(7-5-14)25-9-8-23-13-25/h1-10,13,24H,12,21-22H2/b19-18-. The van der Waals surface area contributed by atoms with Crippen LogP contribution in [0.15, 0.2) is 72.9 Å². The van der Waals surface area contributed by atoms with Gasteiger partial charge in [-0.1, -0.05) is 24.3 Å². The van der Waals surface area contributed by atoms with Gasteiger partial charge in [-0.15, -0.1) is 0 Å². The molecule has 2 aromatic carbocycles. The van der Waals surface area contributed by atoms with E-state index in [-0.39, 0.29) is 11.4 Å². The minimum absolute atomic E-state index is 0.109. The SMILES string of the molecule is N#C/C(NN)=C(/N)c1cccc(OCc2ccc(-n3ccnc3)cc2)c1. The topological polar surface area (TPSA) is 115 Å². The van der Waals surface area contributed by atoms with E-state index >= 15 is 0 Å². The fraction of sp³-hybridized carbons (Fsp3) is 0.0526. The second-order valence-electron chi connectivity index (χ2n) is 5.50. The lowest BCUT2D eigenvalue weighted by atomic mass is 10.1. The van der Waals surface area contributed by atoms with Crippen molar-refractivity contribution >= 4 is 5.70 Å². The normalized spacial score (nSPS) is 11.4. The van der Waals surface area contributed by atoms with E-state index < -0.39 is 0 Å². The van der Waals surface area contributed by atoms with E-state index in [4.69, 9.17) is 21.6 Å². The Morgan fingerprint density at radius 2 is 2.04 bits per heavy atom. The predicted octanol–water partition coefficient (Wildman–Crippen LogP) is 2.07. The van der Waals surface area contributed by atoms with Gasteiger partial charge >= 0.3 is 0 Å². The first kappa shape index (κ1) is 17.1. The Bertz CT molecular complexity index is 939. The highest BCUT2D eigenvalue weighted by Gasteiger charge is 2.06. The summed E-state index contributed by atoms with van der Waals surface area (Å²) in [6.07, 6.45) is 5.38. The zero-order valence-electron chi connectivity index (χ0n) is 14.0. The summed E-state index contributed by atoms with van der Waals surface area (Å²) in [7, 11) is 0. The van der Waals surface area contributed by atoms with Crippen LogP contribution in [0.4, 0.5) is 0 Å². The molecule has 0 aliphatic rings. The fourth-order valence-corrected chi connectivity index (χ4v) is 2.41. The largest absolute Gasteiger partial charge is 0.489 e. The van der Waals surface area contributed by atoms with Crippen molar-refractivity contribution in [3.63, 3.8) is 0 Å². The van der Waals surface area contributed by atoms with E-state index in [0.29, 0.717) is 17.9 Å². The average Bonchev–Trinajstić information content (AvgIpc) is 3.23. The molecule has 0 fully saturated rings. The smallest absolute Gasteiger partial charge is 0.151 e. The van der Waals surface area contributed by atoms with Gasteiger partial charge in [-0.2, -0.15) is 5.26 Å². The molecule has 0 aliphatic heterocycles. The molecular formula is C19H18N6O. The molecule has 0 saturated carbocycles. The number of benzene rings is 2. The minimum Gasteiger partial charge on any atom is -0.489 e. The number of hydrogen-bond acceptors (Lipinski definition) is 6. The Balaban J connectivity index is 1.70. The first-order valence-electron chi connectivity index (χ1n) is 7.88. The molecule has 0 unspecified atom stereocenters. The van der Waals surface area contributed by atoms with Gasteiger partial charge < -0.3 is 20.5 Å². The number of rotatable bonds is 6. The Hall–Kier alpha value is -3.76. The van der Waals surface area contributed by atoms with Crippen LogP contribution in [0.3, 0.4) is 0 Å². The summed E-state index contributed by atoms with van der Waals surface area (Å²) in [5.74, 6) is 5.95. The predicted molar refractivity (Wildman–Crippen MR) is 98.4 cm³/mol. The summed E-state index contributed by atoms with van der Waals surface area (Å²) in [5.41, 5.74) is 11.3. The summed E-state index contributed by atoms with van der Waals surface area (Å²) >= 11 is 0. The number of imidazole rings is 1. The number of nitriles is 1. The van der Waals surface area contributed by atoms with E-state index in [1.54, 1.807) is 24.7 Å². The van der Waals surface area contributed by atoms with Gasteiger partial charge in [0.2, 0.25) is 0 Å². The zero-order valence-corrected chi connectivity index (χ0v) is 14.0. The monoisotopic (exact) mass is 346 g/mol. The van der Waals surface area contributed by atoms with Crippen LogP contribution in [0.5, 0.6) is 5.75 Å². The van der Waals surface area contributed by atoms with Crippen molar-refractivity contribution in [3.05, 3.63) is 84.1 Å².